The van der Waals surface area contributed by atoms with Crippen molar-refractivity contribution in [3.05, 3.63) is 105 Å². The molecule has 298 valence electrons. The van der Waals surface area contributed by atoms with Crippen molar-refractivity contribution in [2.75, 3.05) is 44.3 Å². The van der Waals surface area contributed by atoms with Crippen LogP contribution in [-0.2, 0) is 46.2 Å². The predicted octanol–water partition coefficient (Wildman–Crippen LogP) is 3.43. The molecule has 4 aromatic carbocycles. The summed E-state index contributed by atoms with van der Waals surface area (Å²) in [6.07, 6.45) is 2.91. The molecule has 0 heterocycles. The normalized spacial score (nSPS) is 12.6. The SMILES string of the molecule is COCCN[S+]([O-])c1cc(C(=O)Nc2ccc(C=Cc3ccc(NC(=O)c4ccc(S(C)(=O)=O)c([N+](=O)[O-])c4)cc3S(=O)(=O)O)c(S(=O)(=O)O)c2)ccc1OC. The summed E-state index contributed by atoms with van der Waals surface area (Å²) < 4.78 is 119. The van der Waals surface area contributed by atoms with Crippen LogP contribution in [0.15, 0.2) is 92.4 Å². The van der Waals surface area contributed by atoms with Crippen LogP contribution in [0.2, 0.25) is 0 Å². The van der Waals surface area contributed by atoms with Crippen LogP contribution in [0.1, 0.15) is 31.8 Å². The molecule has 1 unspecified atom stereocenters. The van der Waals surface area contributed by atoms with E-state index in [0.29, 0.717) is 0 Å². The van der Waals surface area contributed by atoms with Crippen LogP contribution in [0.4, 0.5) is 17.1 Å². The van der Waals surface area contributed by atoms with E-state index in [2.05, 4.69) is 15.4 Å². The Hall–Kier alpha value is -5.24. The van der Waals surface area contributed by atoms with E-state index in [4.69, 9.17) is 9.47 Å². The fourth-order valence-electron chi connectivity index (χ4n) is 4.92. The Morgan fingerprint density at radius 3 is 1.71 bits per heavy atom. The molecule has 2 amide bonds. The first-order valence-electron chi connectivity index (χ1n) is 15.5. The summed E-state index contributed by atoms with van der Waals surface area (Å²) >= 11 is -1.80. The number of carbonyl (C=O) groups is 2. The number of nitro benzene ring substituents is 1. The molecule has 0 radical (unpaired) electrons. The maximum Gasteiger partial charge on any atom is 0.295 e. The smallest absolute Gasteiger partial charge is 0.295 e. The fourth-order valence-corrected chi connectivity index (χ4v) is 8.16. The topological polar surface area (TPSA) is 298 Å². The number of benzene rings is 4. The number of hydrogen-bond acceptors (Lipinski definition) is 14. The average Bonchev–Trinajstić information content (AvgIpc) is 3.12. The first-order valence-corrected chi connectivity index (χ1v) is 21.4. The molecule has 0 saturated heterocycles. The van der Waals surface area contributed by atoms with Crippen molar-refractivity contribution in [2.24, 2.45) is 0 Å². The molecular formula is C33H32N4O15S4. The lowest BCUT2D eigenvalue weighted by molar-refractivity contribution is -0.387. The number of hydrogen-bond donors (Lipinski definition) is 5. The quantitative estimate of drug-likeness (QED) is 0.0269. The van der Waals surface area contributed by atoms with Gasteiger partial charge in [-0.15, -0.1) is 4.72 Å². The van der Waals surface area contributed by atoms with E-state index < -0.39 is 78.5 Å². The van der Waals surface area contributed by atoms with Crippen LogP contribution in [0, 0.1) is 10.1 Å². The summed E-state index contributed by atoms with van der Waals surface area (Å²) in [4.78, 5) is 34.5. The number of sulfone groups is 1. The predicted molar refractivity (Wildman–Crippen MR) is 203 cm³/mol. The van der Waals surface area contributed by atoms with Crippen molar-refractivity contribution in [1.82, 2.24) is 4.72 Å². The van der Waals surface area contributed by atoms with Gasteiger partial charge in [-0.3, -0.25) is 28.8 Å². The highest BCUT2D eigenvalue weighted by Crippen LogP contribution is 2.29. The number of nitrogens with zero attached hydrogens (tertiary/aromatic N) is 1. The van der Waals surface area contributed by atoms with Gasteiger partial charge in [-0.25, -0.2) is 8.42 Å². The lowest BCUT2D eigenvalue weighted by Crippen LogP contribution is -2.28. The van der Waals surface area contributed by atoms with Gasteiger partial charge in [0, 0.05) is 48.0 Å². The highest BCUT2D eigenvalue weighted by atomic mass is 32.2. The van der Waals surface area contributed by atoms with Gasteiger partial charge in [-0.1, -0.05) is 24.3 Å². The molecule has 4 rings (SSSR count). The molecule has 0 aliphatic rings. The van der Waals surface area contributed by atoms with Gasteiger partial charge in [0.25, 0.3) is 37.7 Å². The van der Waals surface area contributed by atoms with Gasteiger partial charge in [-0.2, -0.15) is 16.8 Å². The van der Waals surface area contributed by atoms with Crippen LogP contribution in [0.3, 0.4) is 0 Å². The van der Waals surface area contributed by atoms with Gasteiger partial charge in [-0.05, 0) is 59.7 Å². The molecule has 23 heteroatoms. The van der Waals surface area contributed by atoms with Crippen molar-refractivity contribution in [1.29, 1.82) is 0 Å². The molecule has 5 N–H and O–H groups in total. The Morgan fingerprint density at radius 1 is 0.768 bits per heavy atom. The maximum atomic E-state index is 13.1. The third kappa shape index (κ3) is 11.0. The Balaban J connectivity index is 1.61. The molecule has 4 aromatic rings. The van der Waals surface area contributed by atoms with Crippen LogP contribution in [-0.4, -0.2) is 89.3 Å². The van der Waals surface area contributed by atoms with Crippen LogP contribution in [0.5, 0.6) is 5.75 Å². The molecule has 1 atom stereocenters. The zero-order valence-electron chi connectivity index (χ0n) is 29.3. The summed E-state index contributed by atoms with van der Waals surface area (Å²) in [7, 11) is -11.2. The minimum atomic E-state index is -5.02. The lowest BCUT2D eigenvalue weighted by Gasteiger charge is -2.14. The molecule has 0 aromatic heterocycles. The third-order valence-corrected chi connectivity index (χ3v) is 11.7. The highest BCUT2D eigenvalue weighted by molar-refractivity contribution is 7.91. The van der Waals surface area contributed by atoms with E-state index in [1.54, 1.807) is 0 Å². The van der Waals surface area contributed by atoms with Crippen LogP contribution < -0.4 is 20.1 Å². The van der Waals surface area contributed by atoms with Crippen molar-refractivity contribution >= 4 is 82.5 Å². The average molecular weight is 853 g/mol. The summed E-state index contributed by atoms with van der Waals surface area (Å²) in [6.45, 7) is 0.487. The molecule has 0 aliphatic heterocycles. The second kappa shape index (κ2) is 17.7. The van der Waals surface area contributed by atoms with Crippen molar-refractivity contribution in [3.63, 3.8) is 0 Å². The van der Waals surface area contributed by atoms with Gasteiger partial charge in [0.15, 0.2) is 15.6 Å². The standard InChI is InChI=1S/C33H32N4O15S4/c1-51-15-14-34-53(42)28-17-23(8-12-27(28)52-2)33(39)36-25-11-7-21(31(19-25)56(48,49)50)5-4-20-6-10-24(18-30(20)55(45,46)47)35-32(38)22-9-13-29(54(3,43)44)26(16-22)37(40)41/h4-13,16-19,34H,14-15H2,1-3H3,(H,35,38)(H,36,39)(H,45,46,47)(H,48,49,50). The summed E-state index contributed by atoms with van der Waals surface area (Å²) in [5.41, 5.74) is -1.92. The largest absolute Gasteiger partial charge is 0.593 e. The van der Waals surface area contributed by atoms with Crippen LogP contribution in [0.25, 0.3) is 12.2 Å². The van der Waals surface area contributed by atoms with Crippen molar-refractivity contribution in [2.45, 2.75) is 19.6 Å². The van der Waals surface area contributed by atoms with Crippen molar-refractivity contribution < 1.29 is 62.9 Å². The summed E-state index contributed by atoms with van der Waals surface area (Å²) in [5.74, 6) is -1.53. The maximum absolute atomic E-state index is 13.1. The van der Waals surface area contributed by atoms with Crippen molar-refractivity contribution in [3.8, 4) is 5.75 Å². The third-order valence-electron chi connectivity index (χ3n) is 7.52. The minimum absolute atomic E-state index is 0.0172. The number of nitrogens with one attached hydrogen (secondary N) is 3. The number of amides is 2. The van der Waals surface area contributed by atoms with E-state index in [0.717, 1.165) is 54.8 Å². The van der Waals surface area contributed by atoms with E-state index in [9.17, 15) is 58.6 Å². The molecule has 0 fully saturated rings. The number of methoxy groups -OCH3 is 2. The molecule has 56 heavy (non-hydrogen) atoms. The molecule has 19 nitrogen and oxygen atoms in total. The molecule has 0 bridgehead atoms. The second-order valence-electron chi connectivity index (χ2n) is 11.4. The van der Waals surface area contributed by atoms with Gasteiger partial charge < -0.3 is 24.7 Å². The zero-order chi connectivity index (χ0) is 41.6. The molecule has 0 aliphatic carbocycles. The second-order valence-corrected chi connectivity index (χ2v) is 17.5. The van der Waals surface area contributed by atoms with Gasteiger partial charge >= 0.3 is 0 Å². The summed E-state index contributed by atoms with van der Waals surface area (Å²) in [6, 6.07) is 13.2. The monoisotopic (exact) mass is 852 g/mol. The Kier molecular flexibility index (Phi) is 13.7. The van der Waals surface area contributed by atoms with Gasteiger partial charge in [0.05, 0.1) is 36.5 Å². The van der Waals surface area contributed by atoms with Crippen LogP contribution >= 0.6 is 0 Å². The Morgan fingerprint density at radius 2 is 1.27 bits per heavy atom. The first-order chi connectivity index (χ1) is 26.1. The number of rotatable bonds is 16. The number of anilines is 2. The molecule has 0 saturated carbocycles. The Bertz CT molecular complexity index is 2560. The van der Waals surface area contributed by atoms with E-state index in [1.807, 2.05) is 0 Å². The van der Waals surface area contributed by atoms with E-state index in [1.165, 1.54) is 50.6 Å². The first kappa shape index (κ1) is 43.5. The van der Waals surface area contributed by atoms with E-state index in [-0.39, 0.29) is 57.4 Å². The minimum Gasteiger partial charge on any atom is -0.593 e. The number of ether oxygens (including phenoxy) is 2. The molecular weight excluding hydrogens is 821 g/mol. The fraction of sp³-hybridized carbons (Fsp3) is 0.152. The highest BCUT2D eigenvalue weighted by Gasteiger charge is 2.25. The summed E-state index contributed by atoms with van der Waals surface area (Å²) in [5, 5.41) is 16.2. The van der Waals surface area contributed by atoms with Gasteiger partial charge in [0.2, 0.25) is 4.90 Å². The number of carbonyl (C=O) groups excluding carboxylic acids is 2. The molecule has 0 spiro atoms. The lowest BCUT2D eigenvalue weighted by atomic mass is 10.1. The Labute approximate surface area is 323 Å². The zero-order valence-corrected chi connectivity index (χ0v) is 32.5. The van der Waals surface area contributed by atoms with Gasteiger partial charge in [0.1, 0.15) is 14.7 Å². The van der Waals surface area contributed by atoms with E-state index >= 15 is 0 Å². The number of nitro groups is 1.